The summed E-state index contributed by atoms with van der Waals surface area (Å²) in [6.07, 6.45) is 2.93. The maximum Gasteiger partial charge on any atom is 0.343 e. The van der Waals surface area contributed by atoms with E-state index in [1.807, 2.05) is 30.3 Å². The van der Waals surface area contributed by atoms with Crippen molar-refractivity contribution in [3.63, 3.8) is 0 Å². The van der Waals surface area contributed by atoms with Crippen LogP contribution in [0.3, 0.4) is 0 Å². The molecule has 11 heteroatoms. The van der Waals surface area contributed by atoms with E-state index in [0.29, 0.717) is 0 Å². The number of carbonyl (C=O) groups is 2. The molecule has 1 saturated carbocycles. The lowest BCUT2D eigenvalue weighted by Gasteiger charge is -2.36. The van der Waals surface area contributed by atoms with Crippen molar-refractivity contribution in [1.29, 1.82) is 0 Å². The van der Waals surface area contributed by atoms with Gasteiger partial charge in [-0.3, -0.25) is 9.59 Å². The zero-order chi connectivity index (χ0) is 28.6. The molecule has 10 nitrogen and oxygen atoms in total. The van der Waals surface area contributed by atoms with Crippen molar-refractivity contribution in [3.8, 4) is 0 Å². The predicted octanol–water partition coefficient (Wildman–Crippen LogP) is 2.36. The molecule has 212 valence electrons. The van der Waals surface area contributed by atoms with E-state index in [1.165, 1.54) is 11.1 Å². The van der Waals surface area contributed by atoms with Crippen LogP contribution in [0.25, 0.3) is 10.9 Å². The van der Waals surface area contributed by atoms with Gasteiger partial charge in [0.2, 0.25) is 5.43 Å². The number of fused-ring (bicyclic) bond motifs is 1. The number of nitrogens with zero attached hydrogens (tertiary/aromatic N) is 2. The Kier molecular flexibility index (Phi) is 7.63. The van der Waals surface area contributed by atoms with E-state index >= 15 is 4.39 Å². The van der Waals surface area contributed by atoms with Crippen LogP contribution in [0.2, 0.25) is 0 Å². The largest absolute Gasteiger partial charge is 0.462 e. The lowest BCUT2D eigenvalue weighted by molar-refractivity contribution is -0.149. The molecule has 0 spiro atoms. The van der Waals surface area contributed by atoms with Crippen LogP contribution in [-0.4, -0.2) is 52.1 Å². The average Bonchev–Trinajstić information content (AvgIpc) is 3.74. The summed E-state index contributed by atoms with van der Waals surface area (Å²) in [7, 11) is 0. The Labute approximate surface area is 229 Å². The van der Waals surface area contributed by atoms with E-state index < -0.39 is 48.0 Å². The number of carbonyl (C=O) groups excluding carboxylic acids is 2. The van der Waals surface area contributed by atoms with Crippen LogP contribution in [0.15, 0.2) is 47.4 Å². The summed E-state index contributed by atoms with van der Waals surface area (Å²) >= 11 is 0. The van der Waals surface area contributed by atoms with Crippen molar-refractivity contribution in [3.05, 3.63) is 75.3 Å². The minimum atomic E-state index is -1.54. The molecule has 1 aliphatic heterocycles. The molecule has 0 bridgehead atoms. The Balaban J connectivity index is 1.57. The van der Waals surface area contributed by atoms with Crippen LogP contribution >= 0.6 is 0 Å². The molecule has 0 radical (unpaired) electrons. The van der Waals surface area contributed by atoms with Gasteiger partial charge in [0.25, 0.3) is 0 Å². The van der Waals surface area contributed by atoms with Crippen LogP contribution in [0, 0.1) is 11.7 Å². The molecule has 1 aromatic heterocycles. The van der Waals surface area contributed by atoms with Crippen LogP contribution in [-0.2, 0) is 27.5 Å². The molecule has 4 N–H and O–H groups in total. The fourth-order valence-electron chi connectivity index (χ4n) is 5.47. The molecule has 5 rings (SSSR count). The summed E-state index contributed by atoms with van der Waals surface area (Å²) in [4.78, 5) is 40.2. The minimum absolute atomic E-state index is 0.0172. The van der Waals surface area contributed by atoms with Crippen molar-refractivity contribution in [2.24, 2.45) is 11.7 Å². The number of nitrogens with two attached hydrogens (primary N) is 1. The van der Waals surface area contributed by atoms with Crippen LogP contribution < -0.4 is 16.1 Å². The van der Waals surface area contributed by atoms with Gasteiger partial charge in [0.1, 0.15) is 23.7 Å². The number of halogens is 1. The Morgan fingerprint density at radius 2 is 1.90 bits per heavy atom. The molecular weight excluding hydrogens is 521 g/mol. The number of hydrogen-bond donors (Lipinski definition) is 3. The summed E-state index contributed by atoms with van der Waals surface area (Å²) in [5, 5.41) is 20.7. The Morgan fingerprint density at radius 3 is 2.52 bits per heavy atom. The molecule has 40 heavy (non-hydrogen) atoms. The van der Waals surface area contributed by atoms with E-state index in [2.05, 4.69) is 0 Å². The molecule has 1 aliphatic carbocycles. The first kappa shape index (κ1) is 27.8. The first-order chi connectivity index (χ1) is 19.2. The molecule has 1 saturated heterocycles. The maximum absolute atomic E-state index is 15.9. The van der Waals surface area contributed by atoms with Gasteiger partial charge in [0, 0.05) is 36.2 Å². The Bertz CT molecular complexity index is 1510. The number of pyridine rings is 1. The SMILES string of the molecule is CCOC(=O)c1cn(C2CC2)c2c(CO)c(N3C[C@H](C(=O)OCc4ccccc4)C[C@@]3(N)CO)c(F)cc2c1=O. The third-order valence-electron chi connectivity index (χ3n) is 7.57. The van der Waals surface area contributed by atoms with Crippen LogP contribution in [0.4, 0.5) is 10.1 Å². The maximum atomic E-state index is 15.9. The normalized spacial score (nSPS) is 20.6. The molecular formula is C29H32FN3O7. The molecule has 2 aliphatic rings. The molecule has 0 unspecified atom stereocenters. The standard InChI is InChI=1S/C29H32FN3O7/c1-2-39-28(38)21-13-32(19-8-9-19)24-20(26(21)36)10-23(30)25(22(24)14-34)33-12-18(11-29(33,31)16-35)27(37)40-15-17-6-4-3-5-7-17/h3-7,10,13,18-19,34-35H,2,8-9,11-12,14-16,31H2,1H3/t18-,29+/m1/s1. The predicted molar refractivity (Wildman–Crippen MR) is 144 cm³/mol. The molecule has 0 amide bonds. The van der Waals surface area contributed by atoms with Gasteiger partial charge < -0.3 is 34.9 Å². The Morgan fingerprint density at radius 1 is 1.18 bits per heavy atom. The van der Waals surface area contributed by atoms with Crippen molar-refractivity contribution in [2.45, 2.75) is 51.1 Å². The number of hydrogen-bond acceptors (Lipinski definition) is 9. The van der Waals surface area contributed by atoms with E-state index in [4.69, 9.17) is 15.2 Å². The van der Waals surface area contributed by atoms with Gasteiger partial charge >= 0.3 is 11.9 Å². The highest BCUT2D eigenvalue weighted by molar-refractivity contribution is 5.96. The fourth-order valence-corrected chi connectivity index (χ4v) is 5.47. The summed E-state index contributed by atoms with van der Waals surface area (Å²) in [5.41, 5.74) is 5.11. The number of aliphatic hydroxyl groups excluding tert-OH is 2. The average molecular weight is 554 g/mol. The highest BCUT2D eigenvalue weighted by atomic mass is 19.1. The zero-order valence-corrected chi connectivity index (χ0v) is 22.1. The number of benzene rings is 2. The third kappa shape index (κ3) is 4.96. The fraction of sp³-hybridized carbons (Fsp3) is 0.414. The zero-order valence-electron chi connectivity index (χ0n) is 22.1. The highest BCUT2D eigenvalue weighted by Gasteiger charge is 2.48. The summed E-state index contributed by atoms with van der Waals surface area (Å²) in [5.74, 6) is -3.01. The van der Waals surface area contributed by atoms with Crippen molar-refractivity contribution >= 4 is 28.5 Å². The lowest BCUT2D eigenvalue weighted by Crippen LogP contribution is -2.55. The van der Waals surface area contributed by atoms with Gasteiger partial charge in [0.05, 0.1) is 36.9 Å². The molecule has 2 atom stereocenters. The monoisotopic (exact) mass is 553 g/mol. The topological polar surface area (TPSA) is 144 Å². The van der Waals surface area contributed by atoms with E-state index in [1.54, 1.807) is 11.5 Å². The van der Waals surface area contributed by atoms with Crippen LogP contribution in [0.5, 0.6) is 0 Å². The van der Waals surface area contributed by atoms with Crippen molar-refractivity contribution in [1.82, 2.24) is 4.57 Å². The molecule has 3 aromatic rings. The van der Waals surface area contributed by atoms with Crippen LogP contribution in [0.1, 0.15) is 53.7 Å². The number of esters is 2. The number of anilines is 1. The lowest BCUT2D eigenvalue weighted by atomic mass is 10.0. The summed E-state index contributed by atoms with van der Waals surface area (Å²) < 4.78 is 28.2. The van der Waals surface area contributed by atoms with Gasteiger partial charge in [-0.2, -0.15) is 0 Å². The van der Waals surface area contributed by atoms with E-state index in [-0.39, 0.29) is 59.9 Å². The first-order valence-corrected chi connectivity index (χ1v) is 13.3. The quantitative estimate of drug-likeness (QED) is 0.340. The van der Waals surface area contributed by atoms with Gasteiger partial charge in [-0.25, -0.2) is 9.18 Å². The number of rotatable bonds is 9. The number of ether oxygens (including phenoxy) is 2. The van der Waals surface area contributed by atoms with Crippen molar-refractivity contribution < 1.29 is 33.7 Å². The first-order valence-electron chi connectivity index (χ1n) is 13.3. The number of aliphatic hydroxyl groups is 2. The van der Waals surface area contributed by atoms with E-state index in [0.717, 1.165) is 24.5 Å². The van der Waals surface area contributed by atoms with Gasteiger partial charge in [0.15, 0.2) is 0 Å². The van der Waals surface area contributed by atoms with Gasteiger partial charge in [-0.15, -0.1) is 0 Å². The summed E-state index contributed by atoms with van der Waals surface area (Å²) in [6.45, 7) is 0.405. The second-order valence-corrected chi connectivity index (χ2v) is 10.3. The highest BCUT2D eigenvalue weighted by Crippen LogP contribution is 2.43. The second-order valence-electron chi connectivity index (χ2n) is 10.3. The molecule has 2 heterocycles. The smallest absolute Gasteiger partial charge is 0.343 e. The van der Waals surface area contributed by atoms with E-state index in [9.17, 15) is 24.6 Å². The van der Waals surface area contributed by atoms with Gasteiger partial charge in [-0.05, 0) is 31.4 Å². The second kappa shape index (κ2) is 11.0. The molecule has 2 aromatic carbocycles. The Hall–Kier alpha value is -3.80. The van der Waals surface area contributed by atoms with Crippen molar-refractivity contribution in [2.75, 3.05) is 24.7 Å². The number of aromatic nitrogens is 1. The van der Waals surface area contributed by atoms with Gasteiger partial charge in [-0.1, -0.05) is 30.3 Å². The summed E-state index contributed by atoms with van der Waals surface area (Å²) in [6, 6.07) is 10.1. The molecule has 2 fully saturated rings. The minimum Gasteiger partial charge on any atom is -0.462 e. The third-order valence-corrected chi connectivity index (χ3v) is 7.57.